The molecule has 0 saturated carbocycles. The molecule has 0 bridgehead atoms. The van der Waals surface area contributed by atoms with Crippen molar-refractivity contribution < 1.29 is 4.74 Å². The highest BCUT2D eigenvalue weighted by Crippen LogP contribution is 2.18. The summed E-state index contributed by atoms with van der Waals surface area (Å²) >= 11 is 4.85. The first kappa shape index (κ1) is 11.9. The highest BCUT2D eigenvalue weighted by Gasteiger charge is 2.17. The van der Waals surface area contributed by atoms with E-state index in [9.17, 15) is 0 Å². The van der Waals surface area contributed by atoms with Crippen molar-refractivity contribution in [3.05, 3.63) is 23.9 Å². The Balaban J connectivity index is 2.87. The quantitative estimate of drug-likeness (QED) is 0.797. The lowest BCUT2D eigenvalue weighted by Crippen LogP contribution is -2.27. The Bertz CT molecular complexity index is 363. The van der Waals surface area contributed by atoms with Gasteiger partial charge in [0.2, 0.25) is 5.88 Å². The summed E-state index contributed by atoms with van der Waals surface area (Å²) in [7, 11) is 0. The first-order valence-electron chi connectivity index (χ1n) is 4.90. The van der Waals surface area contributed by atoms with Crippen molar-refractivity contribution in [2.24, 2.45) is 5.73 Å². The summed E-state index contributed by atoms with van der Waals surface area (Å²) in [5, 5.41) is 0. The van der Waals surface area contributed by atoms with Gasteiger partial charge < -0.3 is 10.5 Å². The molecular formula is C11H16N2OS. The Kier molecular flexibility index (Phi) is 3.63. The van der Waals surface area contributed by atoms with Crippen molar-refractivity contribution in [2.75, 3.05) is 0 Å². The van der Waals surface area contributed by atoms with Crippen molar-refractivity contribution >= 4 is 17.2 Å². The lowest BCUT2D eigenvalue weighted by atomic mass is 10.1. The van der Waals surface area contributed by atoms with Gasteiger partial charge in [-0.1, -0.05) is 25.2 Å². The van der Waals surface area contributed by atoms with Gasteiger partial charge in [-0.25, -0.2) is 4.98 Å². The average Bonchev–Trinajstić information content (AvgIpc) is 2.17. The summed E-state index contributed by atoms with van der Waals surface area (Å²) in [6.45, 7) is 6.10. The maximum Gasteiger partial charge on any atom is 0.214 e. The first-order valence-corrected chi connectivity index (χ1v) is 5.31. The normalized spacial score (nSPS) is 11.1. The van der Waals surface area contributed by atoms with Crippen molar-refractivity contribution in [1.29, 1.82) is 0 Å². The molecule has 3 nitrogen and oxygen atoms in total. The van der Waals surface area contributed by atoms with Crippen LogP contribution in [-0.2, 0) is 0 Å². The second kappa shape index (κ2) is 4.57. The highest BCUT2D eigenvalue weighted by molar-refractivity contribution is 7.80. The Morgan fingerprint density at radius 2 is 2.20 bits per heavy atom. The van der Waals surface area contributed by atoms with Crippen LogP contribution < -0.4 is 10.5 Å². The minimum atomic E-state index is -0.220. The average molecular weight is 224 g/mol. The van der Waals surface area contributed by atoms with Crippen molar-refractivity contribution in [3.8, 4) is 5.88 Å². The van der Waals surface area contributed by atoms with Crippen molar-refractivity contribution in [2.45, 2.75) is 32.8 Å². The summed E-state index contributed by atoms with van der Waals surface area (Å²) in [5.41, 5.74) is 5.86. The number of hydrogen-bond donors (Lipinski definition) is 1. The van der Waals surface area contributed by atoms with E-state index in [1.54, 1.807) is 12.1 Å². The number of ether oxygens (including phenoxy) is 1. The van der Waals surface area contributed by atoms with Crippen LogP contribution in [0.1, 0.15) is 32.9 Å². The molecule has 0 aromatic carbocycles. The van der Waals surface area contributed by atoms with Crippen molar-refractivity contribution in [1.82, 2.24) is 4.98 Å². The van der Waals surface area contributed by atoms with Gasteiger partial charge in [-0.3, -0.25) is 0 Å². The van der Waals surface area contributed by atoms with Crippen LogP contribution in [0, 0.1) is 0 Å². The molecule has 0 aliphatic carbocycles. The van der Waals surface area contributed by atoms with E-state index in [1.807, 2.05) is 19.9 Å². The number of pyridine rings is 1. The summed E-state index contributed by atoms with van der Waals surface area (Å²) in [4.78, 5) is 4.50. The fraction of sp³-hybridized carbons (Fsp3) is 0.455. The first-order chi connectivity index (χ1) is 6.94. The fourth-order valence-electron chi connectivity index (χ4n) is 0.964. The molecule has 1 aromatic rings. The number of nitrogens with two attached hydrogens (primary N) is 1. The number of hydrogen-bond acceptors (Lipinski definition) is 3. The second-order valence-corrected chi connectivity index (χ2v) is 4.38. The van der Waals surface area contributed by atoms with E-state index in [0.717, 1.165) is 6.42 Å². The third-order valence-electron chi connectivity index (χ3n) is 2.21. The zero-order valence-corrected chi connectivity index (χ0v) is 10.1. The molecule has 0 atom stereocenters. The van der Waals surface area contributed by atoms with Crippen molar-refractivity contribution in [3.63, 3.8) is 0 Å². The molecule has 0 unspecified atom stereocenters. The molecule has 0 fully saturated rings. The largest absolute Gasteiger partial charge is 0.472 e. The number of thiocarbonyl (C=S) groups is 1. The molecule has 1 aromatic heterocycles. The van der Waals surface area contributed by atoms with Gasteiger partial charge in [-0.2, -0.15) is 0 Å². The molecule has 1 rings (SSSR count). The van der Waals surface area contributed by atoms with Gasteiger partial charge in [0.25, 0.3) is 0 Å². The van der Waals surface area contributed by atoms with Crippen LogP contribution in [0.4, 0.5) is 0 Å². The standard InChI is InChI=1S/C11H16N2OS/c1-4-11(2,3)14-9-7-5-6-8(13-9)10(12)15/h5-7H,4H2,1-3H3,(H2,12,15). The zero-order chi connectivity index (χ0) is 11.5. The van der Waals surface area contributed by atoms with E-state index < -0.39 is 0 Å². The van der Waals surface area contributed by atoms with Crippen LogP contribution in [-0.4, -0.2) is 15.6 Å². The maximum atomic E-state index is 5.72. The predicted molar refractivity (Wildman–Crippen MR) is 65.1 cm³/mol. The van der Waals surface area contributed by atoms with Crippen LogP contribution in [0.2, 0.25) is 0 Å². The lowest BCUT2D eigenvalue weighted by Gasteiger charge is -2.24. The van der Waals surface area contributed by atoms with Gasteiger partial charge in [0.05, 0.1) is 0 Å². The molecule has 0 amide bonds. The van der Waals surface area contributed by atoms with Crippen LogP contribution >= 0.6 is 12.2 Å². The summed E-state index contributed by atoms with van der Waals surface area (Å²) < 4.78 is 5.72. The Hall–Kier alpha value is -1.16. The van der Waals surface area contributed by atoms with Crippen LogP contribution in [0.5, 0.6) is 5.88 Å². The third kappa shape index (κ3) is 3.47. The number of nitrogens with zero attached hydrogens (tertiary/aromatic N) is 1. The molecule has 0 aliphatic heterocycles. The topological polar surface area (TPSA) is 48.1 Å². The Morgan fingerprint density at radius 1 is 1.53 bits per heavy atom. The minimum Gasteiger partial charge on any atom is -0.472 e. The summed E-state index contributed by atoms with van der Waals surface area (Å²) in [6.07, 6.45) is 0.909. The van der Waals surface area contributed by atoms with Gasteiger partial charge in [-0.15, -0.1) is 0 Å². The van der Waals surface area contributed by atoms with Crippen LogP contribution in [0.25, 0.3) is 0 Å². The van der Waals surface area contributed by atoms with E-state index in [-0.39, 0.29) is 10.6 Å². The summed E-state index contributed by atoms with van der Waals surface area (Å²) in [6, 6.07) is 5.41. The maximum absolute atomic E-state index is 5.72. The molecule has 1 heterocycles. The van der Waals surface area contributed by atoms with E-state index in [0.29, 0.717) is 11.6 Å². The lowest BCUT2D eigenvalue weighted by molar-refractivity contribution is 0.0990. The molecule has 0 radical (unpaired) electrons. The molecule has 2 N–H and O–H groups in total. The monoisotopic (exact) mass is 224 g/mol. The summed E-state index contributed by atoms with van der Waals surface area (Å²) in [5.74, 6) is 0.562. The molecule has 4 heteroatoms. The number of aromatic nitrogens is 1. The molecule has 0 spiro atoms. The van der Waals surface area contributed by atoms with E-state index in [2.05, 4.69) is 11.9 Å². The minimum absolute atomic E-state index is 0.220. The van der Waals surface area contributed by atoms with Gasteiger partial charge >= 0.3 is 0 Å². The fourth-order valence-corrected chi connectivity index (χ4v) is 1.08. The SMILES string of the molecule is CCC(C)(C)Oc1cccc(C(N)=S)n1. The molecule has 0 aliphatic rings. The van der Waals surface area contributed by atoms with Gasteiger partial charge in [0.15, 0.2) is 0 Å². The molecule has 82 valence electrons. The molecular weight excluding hydrogens is 208 g/mol. The van der Waals surface area contributed by atoms with Crippen LogP contribution in [0.3, 0.4) is 0 Å². The molecule has 15 heavy (non-hydrogen) atoms. The highest BCUT2D eigenvalue weighted by atomic mass is 32.1. The third-order valence-corrected chi connectivity index (χ3v) is 2.42. The van der Waals surface area contributed by atoms with Gasteiger partial charge in [0.1, 0.15) is 16.3 Å². The Labute approximate surface area is 95.7 Å². The van der Waals surface area contributed by atoms with E-state index in [4.69, 9.17) is 22.7 Å². The zero-order valence-electron chi connectivity index (χ0n) is 9.28. The van der Waals surface area contributed by atoms with E-state index >= 15 is 0 Å². The number of rotatable bonds is 4. The van der Waals surface area contributed by atoms with Crippen LogP contribution in [0.15, 0.2) is 18.2 Å². The van der Waals surface area contributed by atoms with Gasteiger partial charge in [0, 0.05) is 6.07 Å². The smallest absolute Gasteiger partial charge is 0.214 e. The second-order valence-electron chi connectivity index (χ2n) is 3.94. The molecule has 0 saturated heterocycles. The van der Waals surface area contributed by atoms with E-state index in [1.165, 1.54) is 0 Å². The Morgan fingerprint density at radius 3 is 2.73 bits per heavy atom. The van der Waals surface area contributed by atoms with Gasteiger partial charge in [-0.05, 0) is 26.3 Å². The predicted octanol–water partition coefficient (Wildman–Crippen LogP) is 2.28.